The van der Waals surface area contributed by atoms with Gasteiger partial charge in [-0.2, -0.15) is 0 Å². The molecule has 0 radical (unpaired) electrons. The first-order valence-corrected chi connectivity index (χ1v) is 7.50. The molecule has 0 atom stereocenters. The van der Waals surface area contributed by atoms with E-state index in [1.165, 1.54) is 4.90 Å². The minimum absolute atomic E-state index is 0.0675. The van der Waals surface area contributed by atoms with Crippen molar-refractivity contribution in [1.82, 2.24) is 9.88 Å². The Morgan fingerprint density at radius 3 is 2.61 bits per heavy atom. The van der Waals surface area contributed by atoms with Crippen LogP contribution in [0.25, 0.3) is 11.3 Å². The second-order valence-electron chi connectivity index (χ2n) is 5.08. The van der Waals surface area contributed by atoms with E-state index in [0.717, 1.165) is 5.56 Å². The fraction of sp³-hybridized carbons (Fsp3) is 0.312. The summed E-state index contributed by atoms with van der Waals surface area (Å²) in [7, 11) is 1.58. The number of carboxylic acid groups (broad SMARTS) is 1. The fourth-order valence-corrected chi connectivity index (χ4v) is 2.09. The SMILES string of the molecule is CN(CCC(=O)O)C(=O)CCc1ncc(-c2ccc(Cl)cc2)o1. The maximum atomic E-state index is 11.9. The first kappa shape index (κ1) is 17.0. The highest BCUT2D eigenvalue weighted by Crippen LogP contribution is 2.22. The molecular weight excluding hydrogens is 320 g/mol. The molecule has 0 aliphatic rings. The van der Waals surface area contributed by atoms with E-state index in [1.807, 2.05) is 12.1 Å². The zero-order valence-electron chi connectivity index (χ0n) is 12.7. The van der Waals surface area contributed by atoms with Gasteiger partial charge in [0.05, 0.1) is 12.6 Å². The summed E-state index contributed by atoms with van der Waals surface area (Å²) >= 11 is 5.84. The number of amides is 1. The highest BCUT2D eigenvalue weighted by atomic mass is 35.5. The van der Waals surface area contributed by atoms with Crippen molar-refractivity contribution in [2.45, 2.75) is 19.3 Å². The number of hydrogen-bond acceptors (Lipinski definition) is 4. The molecule has 0 aliphatic carbocycles. The van der Waals surface area contributed by atoms with E-state index >= 15 is 0 Å². The minimum Gasteiger partial charge on any atom is -0.481 e. The molecule has 1 amide bonds. The van der Waals surface area contributed by atoms with Crippen molar-refractivity contribution < 1.29 is 19.1 Å². The van der Waals surface area contributed by atoms with Crippen LogP contribution >= 0.6 is 11.6 Å². The van der Waals surface area contributed by atoms with Crippen LogP contribution < -0.4 is 0 Å². The Hall–Kier alpha value is -2.34. The van der Waals surface area contributed by atoms with Crippen LogP contribution in [0.1, 0.15) is 18.7 Å². The Morgan fingerprint density at radius 1 is 1.26 bits per heavy atom. The summed E-state index contributed by atoms with van der Waals surface area (Å²) in [6.07, 6.45) is 2.12. The number of aryl methyl sites for hydroxylation is 1. The van der Waals surface area contributed by atoms with Crippen molar-refractivity contribution >= 4 is 23.5 Å². The number of carboxylic acids is 1. The van der Waals surface area contributed by atoms with Crippen LogP contribution in [0.5, 0.6) is 0 Å². The van der Waals surface area contributed by atoms with Gasteiger partial charge >= 0.3 is 5.97 Å². The van der Waals surface area contributed by atoms with E-state index in [0.29, 0.717) is 23.1 Å². The molecule has 1 aromatic carbocycles. The van der Waals surface area contributed by atoms with Gasteiger partial charge in [0.15, 0.2) is 11.7 Å². The topological polar surface area (TPSA) is 83.6 Å². The van der Waals surface area contributed by atoms with E-state index in [1.54, 1.807) is 25.4 Å². The van der Waals surface area contributed by atoms with Crippen LogP contribution in [0.2, 0.25) is 5.02 Å². The number of aliphatic carboxylic acids is 1. The summed E-state index contributed by atoms with van der Waals surface area (Å²) < 4.78 is 5.62. The molecule has 0 spiro atoms. The number of oxazole rings is 1. The van der Waals surface area contributed by atoms with Crippen molar-refractivity contribution in [2.24, 2.45) is 0 Å². The number of nitrogens with zero attached hydrogens (tertiary/aromatic N) is 2. The molecular formula is C16H17ClN2O4. The largest absolute Gasteiger partial charge is 0.481 e. The van der Waals surface area contributed by atoms with Crippen molar-refractivity contribution in [1.29, 1.82) is 0 Å². The monoisotopic (exact) mass is 336 g/mol. The van der Waals surface area contributed by atoms with Gasteiger partial charge < -0.3 is 14.4 Å². The molecule has 1 aromatic heterocycles. The standard InChI is InChI=1S/C16H17ClN2O4/c1-19(9-8-16(21)22)15(20)7-6-14-18-10-13(23-14)11-2-4-12(17)5-3-11/h2-5,10H,6-9H2,1H3,(H,21,22). The Kier molecular flexibility index (Phi) is 5.76. The predicted octanol–water partition coefficient (Wildman–Crippen LogP) is 2.86. The van der Waals surface area contributed by atoms with Gasteiger partial charge in [-0.15, -0.1) is 0 Å². The van der Waals surface area contributed by atoms with Gasteiger partial charge in [-0.3, -0.25) is 9.59 Å². The normalized spacial score (nSPS) is 10.5. The molecule has 6 nitrogen and oxygen atoms in total. The lowest BCUT2D eigenvalue weighted by atomic mass is 10.2. The van der Waals surface area contributed by atoms with E-state index in [4.69, 9.17) is 21.1 Å². The third-order valence-corrected chi connectivity index (χ3v) is 3.57. The number of hydrogen-bond donors (Lipinski definition) is 1. The Labute approximate surface area is 138 Å². The maximum absolute atomic E-state index is 11.9. The molecule has 0 unspecified atom stereocenters. The summed E-state index contributed by atoms with van der Waals surface area (Å²) in [5, 5.41) is 9.25. The summed E-state index contributed by atoms with van der Waals surface area (Å²) in [5.74, 6) is 0.0146. The van der Waals surface area contributed by atoms with Gasteiger partial charge in [0.25, 0.3) is 0 Å². The van der Waals surface area contributed by atoms with Crippen LogP contribution in [0, 0.1) is 0 Å². The Balaban J connectivity index is 1.88. The number of aromatic nitrogens is 1. The molecule has 0 aliphatic heterocycles. The highest BCUT2D eigenvalue weighted by molar-refractivity contribution is 6.30. The lowest BCUT2D eigenvalue weighted by Crippen LogP contribution is -2.29. The van der Waals surface area contributed by atoms with E-state index in [9.17, 15) is 9.59 Å². The molecule has 2 aromatic rings. The van der Waals surface area contributed by atoms with Crippen molar-refractivity contribution in [3.05, 3.63) is 41.4 Å². The van der Waals surface area contributed by atoms with Crippen molar-refractivity contribution in [2.75, 3.05) is 13.6 Å². The molecule has 0 fully saturated rings. The quantitative estimate of drug-likeness (QED) is 0.840. The number of rotatable bonds is 7. The summed E-state index contributed by atoms with van der Waals surface area (Å²) in [6.45, 7) is 0.190. The predicted molar refractivity (Wildman–Crippen MR) is 85.2 cm³/mol. The molecule has 1 heterocycles. The number of carbonyl (C=O) groups is 2. The van der Waals surface area contributed by atoms with E-state index < -0.39 is 5.97 Å². The van der Waals surface area contributed by atoms with Crippen LogP contribution in [-0.2, 0) is 16.0 Å². The third kappa shape index (κ3) is 5.10. The van der Waals surface area contributed by atoms with Crippen LogP contribution in [0.15, 0.2) is 34.9 Å². The lowest BCUT2D eigenvalue weighted by Gasteiger charge is -2.15. The lowest BCUT2D eigenvalue weighted by molar-refractivity contribution is -0.138. The molecule has 7 heteroatoms. The average molecular weight is 337 g/mol. The first-order valence-electron chi connectivity index (χ1n) is 7.12. The van der Waals surface area contributed by atoms with Gasteiger partial charge in [0, 0.05) is 37.0 Å². The van der Waals surface area contributed by atoms with E-state index in [-0.39, 0.29) is 25.3 Å². The number of benzene rings is 1. The molecule has 1 N–H and O–H groups in total. The van der Waals surface area contributed by atoms with E-state index in [2.05, 4.69) is 4.98 Å². The van der Waals surface area contributed by atoms with Crippen LogP contribution in [-0.4, -0.2) is 40.5 Å². The average Bonchev–Trinajstić information content (AvgIpc) is 2.99. The fourth-order valence-electron chi connectivity index (χ4n) is 1.97. The molecule has 0 bridgehead atoms. The molecule has 122 valence electrons. The summed E-state index contributed by atoms with van der Waals surface area (Å²) in [6, 6.07) is 7.19. The van der Waals surface area contributed by atoms with Gasteiger partial charge in [0.2, 0.25) is 5.91 Å². The summed E-state index contributed by atoms with van der Waals surface area (Å²) in [5.41, 5.74) is 0.859. The smallest absolute Gasteiger partial charge is 0.305 e. The van der Waals surface area contributed by atoms with Crippen molar-refractivity contribution in [3.63, 3.8) is 0 Å². The van der Waals surface area contributed by atoms with Gasteiger partial charge in [-0.05, 0) is 24.3 Å². The summed E-state index contributed by atoms with van der Waals surface area (Å²) in [4.78, 5) is 27.9. The van der Waals surface area contributed by atoms with Crippen LogP contribution in [0.3, 0.4) is 0 Å². The number of carbonyl (C=O) groups excluding carboxylic acids is 1. The first-order chi connectivity index (χ1) is 11.0. The molecule has 0 saturated carbocycles. The third-order valence-electron chi connectivity index (χ3n) is 3.32. The highest BCUT2D eigenvalue weighted by Gasteiger charge is 2.13. The Morgan fingerprint density at radius 2 is 1.96 bits per heavy atom. The zero-order chi connectivity index (χ0) is 16.8. The second-order valence-corrected chi connectivity index (χ2v) is 5.52. The van der Waals surface area contributed by atoms with Gasteiger partial charge in [-0.25, -0.2) is 4.98 Å². The van der Waals surface area contributed by atoms with Crippen LogP contribution in [0.4, 0.5) is 0 Å². The van der Waals surface area contributed by atoms with Gasteiger partial charge in [0.1, 0.15) is 0 Å². The second kappa shape index (κ2) is 7.78. The molecule has 23 heavy (non-hydrogen) atoms. The molecule has 2 rings (SSSR count). The molecule has 0 saturated heterocycles. The minimum atomic E-state index is -0.926. The number of halogens is 1. The zero-order valence-corrected chi connectivity index (χ0v) is 13.4. The van der Waals surface area contributed by atoms with Gasteiger partial charge in [-0.1, -0.05) is 11.6 Å². The Bertz CT molecular complexity index is 682. The van der Waals surface area contributed by atoms with Crippen molar-refractivity contribution in [3.8, 4) is 11.3 Å². The maximum Gasteiger partial charge on any atom is 0.305 e.